The Bertz CT molecular complexity index is 763. The van der Waals surface area contributed by atoms with Crippen LogP contribution in [-0.4, -0.2) is 9.55 Å². The quantitative estimate of drug-likeness (QED) is 0.736. The van der Waals surface area contributed by atoms with E-state index in [9.17, 15) is 4.39 Å². The van der Waals surface area contributed by atoms with Crippen LogP contribution in [0.2, 0.25) is 10.0 Å². The number of aromatic nitrogens is 2. The molecule has 0 aliphatic heterocycles. The lowest BCUT2D eigenvalue weighted by Gasteiger charge is -2.10. The topological polar surface area (TPSA) is 43.8 Å². The van der Waals surface area contributed by atoms with E-state index in [0.29, 0.717) is 26.8 Å². The van der Waals surface area contributed by atoms with Crippen LogP contribution in [0.4, 0.5) is 10.3 Å². The second kappa shape index (κ2) is 4.40. The van der Waals surface area contributed by atoms with Gasteiger partial charge in [-0.05, 0) is 24.3 Å². The van der Waals surface area contributed by atoms with E-state index in [1.165, 1.54) is 12.1 Å². The van der Waals surface area contributed by atoms with E-state index in [-0.39, 0.29) is 11.8 Å². The Hall–Kier alpha value is -1.78. The van der Waals surface area contributed by atoms with Gasteiger partial charge in [0.15, 0.2) is 0 Å². The van der Waals surface area contributed by atoms with Gasteiger partial charge in [-0.2, -0.15) is 0 Å². The number of halogens is 3. The van der Waals surface area contributed by atoms with Crippen molar-refractivity contribution in [3.05, 3.63) is 52.3 Å². The highest BCUT2D eigenvalue weighted by Crippen LogP contribution is 2.33. The van der Waals surface area contributed by atoms with Crippen molar-refractivity contribution in [1.29, 1.82) is 0 Å². The van der Waals surface area contributed by atoms with Gasteiger partial charge in [-0.15, -0.1) is 0 Å². The monoisotopic (exact) mass is 295 g/mol. The lowest BCUT2D eigenvalue weighted by Crippen LogP contribution is -2.02. The van der Waals surface area contributed by atoms with Gasteiger partial charge in [0.05, 0.1) is 26.8 Å². The summed E-state index contributed by atoms with van der Waals surface area (Å²) in [7, 11) is 0. The number of benzene rings is 2. The number of anilines is 1. The summed E-state index contributed by atoms with van der Waals surface area (Å²) in [6.45, 7) is 0. The molecule has 1 heterocycles. The first-order valence-corrected chi connectivity index (χ1v) is 6.21. The van der Waals surface area contributed by atoms with E-state index in [0.717, 1.165) is 0 Å². The summed E-state index contributed by atoms with van der Waals surface area (Å²) in [4.78, 5) is 4.12. The van der Waals surface area contributed by atoms with Crippen molar-refractivity contribution in [1.82, 2.24) is 9.55 Å². The summed E-state index contributed by atoms with van der Waals surface area (Å²) < 4.78 is 14.8. The molecule has 0 atom stereocenters. The lowest BCUT2D eigenvalue weighted by atomic mass is 10.2. The molecule has 19 heavy (non-hydrogen) atoms. The van der Waals surface area contributed by atoms with Crippen LogP contribution in [0.3, 0.4) is 0 Å². The molecule has 0 bridgehead atoms. The Morgan fingerprint density at radius 1 is 1.11 bits per heavy atom. The summed E-state index contributed by atoms with van der Waals surface area (Å²) in [6, 6.07) is 9.39. The Balaban J connectivity index is 2.40. The van der Waals surface area contributed by atoms with Gasteiger partial charge in [0.1, 0.15) is 5.82 Å². The molecule has 0 saturated heterocycles. The average molecular weight is 296 g/mol. The van der Waals surface area contributed by atoms with Crippen molar-refractivity contribution in [2.75, 3.05) is 5.73 Å². The molecule has 1 aromatic heterocycles. The number of rotatable bonds is 1. The Kier molecular flexibility index (Phi) is 2.84. The predicted octanol–water partition coefficient (Wildman–Crippen LogP) is 4.05. The fourth-order valence-corrected chi connectivity index (χ4v) is 2.58. The number of imidazole rings is 1. The lowest BCUT2D eigenvalue weighted by molar-refractivity contribution is 0.629. The maximum absolute atomic E-state index is 13.2. The van der Waals surface area contributed by atoms with Crippen molar-refractivity contribution in [2.45, 2.75) is 0 Å². The molecule has 96 valence electrons. The minimum Gasteiger partial charge on any atom is -0.369 e. The van der Waals surface area contributed by atoms with E-state index in [4.69, 9.17) is 28.9 Å². The van der Waals surface area contributed by atoms with Crippen LogP contribution in [0.15, 0.2) is 36.4 Å². The third-order valence-corrected chi connectivity index (χ3v) is 3.41. The molecule has 0 radical (unpaired) electrons. The number of para-hydroxylation sites is 1. The first-order chi connectivity index (χ1) is 9.08. The average Bonchev–Trinajstić information content (AvgIpc) is 2.65. The highest BCUT2D eigenvalue weighted by Gasteiger charge is 2.15. The predicted molar refractivity (Wildman–Crippen MR) is 75.5 cm³/mol. The van der Waals surface area contributed by atoms with Crippen LogP contribution in [0.1, 0.15) is 0 Å². The summed E-state index contributed by atoms with van der Waals surface area (Å²) in [5.74, 6) is -0.169. The standard InChI is InChI=1S/C13H8Cl2FN3/c14-8-2-1-3-9(15)12(8)19-11-5-4-7(16)6-10(11)18-13(19)17/h1-6H,(H2,17,18). The molecule has 0 spiro atoms. The largest absolute Gasteiger partial charge is 0.369 e. The van der Waals surface area contributed by atoms with E-state index in [1.54, 1.807) is 28.8 Å². The first kappa shape index (κ1) is 12.3. The van der Waals surface area contributed by atoms with Crippen molar-refractivity contribution in [3.63, 3.8) is 0 Å². The molecule has 3 rings (SSSR count). The molecule has 6 heteroatoms. The van der Waals surface area contributed by atoms with Crippen molar-refractivity contribution >= 4 is 40.2 Å². The minimum atomic E-state index is -0.373. The van der Waals surface area contributed by atoms with E-state index >= 15 is 0 Å². The third-order valence-electron chi connectivity index (χ3n) is 2.80. The highest BCUT2D eigenvalue weighted by atomic mass is 35.5. The van der Waals surface area contributed by atoms with Gasteiger partial charge >= 0.3 is 0 Å². The molecule has 0 aliphatic rings. The summed E-state index contributed by atoms with van der Waals surface area (Å²) >= 11 is 12.3. The normalized spacial score (nSPS) is 11.1. The van der Waals surface area contributed by atoms with Gasteiger partial charge in [0.25, 0.3) is 0 Å². The van der Waals surface area contributed by atoms with Gasteiger partial charge < -0.3 is 5.73 Å². The number of hydrogen-bond donors (Lipinski definition) is 1. The number of hydrogen-bond acceptors (Lipinski definition) is 2. The molecule has 0 amide bonds. The fraction of sp³-hybridized carbons (Fsp3) is 0. The number of nitrogen functional groups attached to an aromatic ring is 1. The zero-order chi connectivity index (χ0) is 13.6. The molecule has 0 saturated carbocycles. The molecule has 3 aromatic rings. The Labute approximate surface area is 118 Å². The number of nitrogens with zero attached hydrogens (tertiary/aromatic N) is 2. The second-order valence-corrected chi connectivity index (χ2v) is 4.82. The van der Waals surface area contributed by atoms with Gasteiger partial charge in [-0.3, -0.25) is 4.57 Å². The molecular weight excluding hydrogens is 288 g/mol. The SMILES string of the molecule is Nc1nc2cc(F)ccc2n1-c1c(Cl)cccc1Cl. The van der Waals surface area contributed by atoms with Crippen molar-refractivity contribution in [3.8, 4) is 5.69 Å². The summed E-state index contributed by atoms with van der Waals surface area (Å²) in [5, 5.41) is 0.894. The zero-order valence-electron chi connectivity index (χ0n) is 9.57. The smallest absolute Gasteiger partial charge is 0.206 e. The van der Waals surface area contributed by atoms with Gasteiger partial charge in [-0.25, -0.2) is 9.37 Å². The van der Waals surface area contributed by atoms with Crippen LogP contribution in [-0.2, 0) is 0 Å². The molecule has 0 unspecified atom stereocenters. The highest BCUT2D eigenvalue weighted by molar-refractivity contribution is 6.38. The Morgan fingerprint density at radius 2 is 1.79 bits per heavy atom. The summed E-state index contributed by atoms with van der Waals surface area (Å²) in [5.41, 5.74) is 7.52. The van der Waals surface area contributed by atoms with Crippen LogP contribution in [0, 0.1) is 5.82 Å². The molecule has 3 nitrogen and oxygen atoms in total. The van der Waals surface area contributed by atoms with Crippen molar-refractivity contribution in [2.24, 2.45) is 0 Å². The van der Waals surface area contributed by atoms with Crippen LogP contribution >= 0.6 is 23.2 Å². The van der Waals surface area contributed by atoms with E-state index in [2.05, 4.69) is 4.98 Å². The van der Waals surface area contributed by atoms with E-state index < -0.39 is 0 Å². The summed E-state index contributed by atoms with van der Waals surface area (Å²) in [6.07, 6.45) is 0. The number of nitrogens with two attached hydrogens (primary N) is 1. The van der Waals surface area contributed by atoms with Gasteiger partial charge in [-0.1, -0.05) is 29.3 Å². The van der Waals surface area contributed by atoms with Crippen LogP contribution < -0.4 is 5.73 Å². The van der Waals surface area contributed by atoms with E-state index in [1.807, 2.05) is 0 Å². The molecular formula is C13H8Cl2FN3. The van der Waals surface area contributed by atoms with Gasteiger partial charge in [0, 0.05) is 6.07 Å². The number of fused-ring (bicyclic) bond motifs is 1. The minimum absolute atomic E-state index is 0.204. The molecule has 0 aliphatic carbocycles. The second-order valence-electron chi connectivity index (χ2n) is 4.01. The van der Waals surface area contributed by atoms with Crippen LogP contribution in [0.25, 0.3) is 16.7 Å². The Morgan fingerprint density at radius 3 is 2.47 bits per heavy atom. The van der Waals surface area contributed by atoms with Gasteiger partial charge in [0.2, 0.25) is 5.95 Å². The maximum Gasteiger partial charge on any atom is 0.206 e. The fourth-order valence-electron chi connectivity index (χ4n) is 2.01. The first-order valence-electron chi connectivity index (χ1n) is 5.46. The van der Waals surface area contributed by atoms with Crippen LogP contribution in [0.5, 0.6) is 0 Å². The molecule has 2 aromatic carbocycles. The third kappa shape index (κ3) is 1.93. The zero-order valence-corrected chi connectivity index (χ0v) is 11.1. The molecule has 0 fully saturated rings. The molecule has 2 N–H and O–H groups in total. The maximum atomic E-state index is 13.2. The van der Waals surface area contributed by atoms with Crippen molar-refractivity contribution < 1.29 is 4.39 Å².